The lowest BCUT2D eigenvalue weighted by Gasteiger charge is -2.24. The Balaban J connectivity index is 2.85. The lowest BCUT2D eigenvalue weighted by molar-refractivity contribution is -0.139. The van der Waals surface area contributed by atoms with Gasteiger partial charge in [0.2, 0.25) is 0 Å². The van der Waals surface area contributed by atoms with Crippen molar-refractivity contribution in [3.63, 3.8) is 0 Å². The van der Waals surface area contributed by atoms with Gasteiger partial charge in [0.1, 0.15) is 5.75 Å². The van der Waals surface area contributed by atoms with Gasteiger partial charge in [-0.1, -0.05) is 19.9 Å². The van der Waals surface area contributed by atoms with Crippen molar-refractivity contribution < 1.29 is 14.6 Å². The first-order valence-electron chi connectivity index (χ1n) is 6.36. The number of ether oxygens (including phenoxy) is 1. The minimum Gasteiger partial charge on any atom is -0.494 e. The van der Waals surface area contributed by atoms with Crippen LogP contribution in [0.25, 0.3) is 0 Å². The molecule has 0 spiro atoms. The van der Waals surface area contributed by atoms with E-state index in [0.717, 1.165) is 22.6 Å². The molecule has 0 saturated carbocycles. The highest BCUT2D eigenvalue weighted by Crippen LogP contribution is 2.31. The van der Waals surface area contributed by atoms with Crippen LogP contribution in [0.5, 0.6) is 5.75 Å². The summed E-state index contributed by atoms with van der Waals surface area (Å²) in [5.41, 5.74) is 2.82. The first-order valence-corrected chi connectivity index (χ1v) is 6.36. The highest BCUT2D eigenvalue weighted by molar-refractivity contribution is 5.68. The summed E-state index contributed by atoms with van der Waals surface area (Å²) in [6.07, 6.45) is 0.132. The van der Waals surface area contributed by atoms with Crippen molar-refractivity contribution in [1.29, 1.82) is 0 Å². The zero-order valence-electron chi connectivity index (χ0n) is 12.3. The van der Waals surface area contributed by atoms with Crippen LogP contribution in [0.1, 0.15) is 31.4 Å². The Labute approximate surface area is 114 Å². The molecule has 19 heavy (non-hydrogen) atoms. The Morgan fingerprint density at radius 2 is 2.00 bits per heavy atom. The van der Waals surface area contributed by atoms with E-state index in [-0.39, 0.29) is 11.8 Å². The second-order valence-corrected chi connectivity index (χ2v) is 5.75. The second-order valence-electron chi connectivity index (χ2n) is 5.75. The van der Waals surface area contributed by atoms with Crippen LogP contribution in [0.15, 0.2) is 12.1 Å². The van der Waals surface area contributed by atoms with Crippen molar-refractivity contribution in [1.82, 2.24) is 0 Å². The van der Waals surface area contributed by atoms with Gasteiger partial charge in [0.25, 0.3) is 0 Å². The van der Waals surface area contributed by atoms with Crippen molar-refractivity contribution in [3.8, 4) is 5.75 Å². The predicted molar refractivity (Wildman–Crippen MR) is 77.0 cm³/mol. The molecule has 0 saturated heterocycles. The van der Waals surface area contributed by atoms with Gasteiger partial charge in [0.05, 0.1) is 19.2 Å². The highest BCUT2D eigenvalue weighted by atomic mass is 16.5. The van der Waals surface area contributed by atoms with Crippen LogP contribution in [-0.2, 0) is 4.79 Å². The summed E-state index contributed by atoms with van der Waals surface area (Å²) < 4.78 is 5.40. The molecule has 1 aromatic rings. The van der Waals surface area contributed by atoms with Gasteiger partial charge < -0.3 is 15.2 Å². The number of rotatable bonds is 6. The summed E-state index contributed by atoms with van der Waals surface area (Å²) in [6.45, 7) is 8.48. The van der Waals surface area contributed by atoms with Crippen molar-refractivity contribution in [2.75, 3.05) is 19.0 Å². The van der Waals surface area contributed by atoms with Crippen LogP contribution in [0, 0.1) is 19.3 Å². The average Bonchev–Trinajstić information content (AvgIpc) is 2.24. The summed E-state index contributed by atoms with van der Waals surface area (Å²) in [5, 5.41) is 12.2. The predicted octanol–water partition coefficient (Wildman–Crippen LogP) is 3.22. The SMILES string of the molecule is COc1c(C)cc(C)cc1NCC(C)(C)CC(=O)O. The Morgan fingerprint density at radius 1 is 1.37 bits per heavy atom. The second kappa shape index (κ2) is 5.95. The number of anilines is 1. The molecule has 0 radical (unpaired) electrons. The fourth-order valence-corrected chi connectivity index (χ4v) is 2.16. The summed E-state index contributed by atoms with van der Waals surface area (Å²) in [7, 11) is 1.64. The lowest BCUT2D eigenvalue weighted by atomic mass is 9.89. The van der Waals surface area contributed by atoms with Gasteiger partial charge in [-0.3, -0.25) is 4.79 Å². The Hall–Kier alpha value is -1.71. The number of carboxylic acids is 1. The molecule has 0 atom stereocenters. The standard InChI is InChI=1S/C15H23NO3/c1-10-6-11(2)14(19-5)12(7-10)16-9-15(3,4)8-13(17)18/h6-7,16H,8-9H2,1-5H3,(H,17,18). The number of aryl methyl sites for hydroxylation is 2. The molecule has 106 valence electrons. The van der Waals surface area contributed by atoms with Gasteiger partial charge in [0, 0.05) is 6.54 Å². The molecule has 4 heteroatoms. The Morgan fingerprint density at radius 3 is 2.53 bits per heavy atom. The fourth-order valence-electron chi connectivity index (χ4n) is 2.16. The zero-order valence-corrected chi connectivity index (χ0v) is 12.3. The molecule has 4 nitrogen and oxygen atoms in total. The third-order valence-corrected chi connectivity index (χ3v) is 3.01. The summed E-state index contributed by atoms with van der Waals surface area (Å²) in [4.78, 5) is 10.8. The molecule has 1 aromatic carbocycles. The topological polar surface area (TPSA) is 58.6 Å². The molecular formula is C15H23NO3. The molecule has 2 N–H and O–H groups in total. The number of nitrogens with one attached hydrogen (secondary N) is 1. The molecule has 0 amide bonds. The van der Waals surface area contributed by atoms with E-state index in [0.29, 0.717) is 6.54 Å². The lowest BCUT2D eigenvalue weighted by Crippen LogP contribution is -2.26. The molecule has 0 aliphatic carbocycles. The van der Waals surface area contributed by atoms with Gasteiger partial charge in [-0.2, -0.15) is 0 Å². The zero-order chi connectivity index (χ0) is 14.6. The molecule has 0 aliphatic rings. The maximum Gasteiger partial charge on any atom is 0.303 e. The Bertz CT molecular complexity index is 467. The summed E-state index contributed by atoms with van der Waals surface area (Å²) in [6, 6.07) is 4.08. The number of hydrogen-bond acceptors (Lipinski definition) is 3. The van der Waals surface area contributed by atoms with E-state index in [9.17, 15) is 4.79 Å². The highest BCUT2D eigenvalue weighted by Gasteiger charge is 2.22. The van der Waals surface area contributed by atoms with Gasteiger partial charge in [0.15, 0.2) is 0 Å². The van der Waals surface area contributed by atoms with Crippen molar-refractivity contribution in [3.05, 3.63) is 23.3 Å². The molecular weight excluding hydrogens is 242 g/mol. The Kier molecular flexibility index (Phi) is 4.81. The van der Waals surface area contributed by atoms with E-state index < -0.39 is 5.97 Å². The summed E-state index contributed by atoms with van der Waals surface area (Å²) >= 11 is 0. The smallest absolute Gasteiger partial charge is 0.303 e. The van der Waals surface area contributed by atoms with Crippen LogP contribution in [-0.4, -0.2) is 24.7 Å². The van der Waals surface area contributed by atoms with Crippen LogP contribution in [0.3, 0.4) is 0 Å². The average molecular weight is 265 g/mol. The van der Waals surface area contributed by atoms with Crippen LogP contribution in [0.2, 0.25) is 0 Å². The molecule has 0 bridgehead atoms. The number of carboxylic acid groups (broad SMARTS) is 1. The maximum absolute atomic E-state index is 10.8. The third-order valence-electron chi connectivity index (χ3n) is 3.01. The van der Waals surface area contributed by atoms with E-state index in [2.05, 4.69) is 11.4 Å². The van der Waals surface area contributed by atoms with Crippen molar-refractivity contribution >= 4 is 11.7 Å². The summed E-state index contributed by atoms with van der Waals surface area (Å²) in [5.74, 6) is 0.0379. The van der Waals surface area contributed by atoms with Gasteiger partial charge in [-0.25, -0.2) is 0 Å². The largest absolute Gasteiger partial charge is 0.494 e. The van der Waals surface area contributed by atoms with Gasteiger partial charge in [-0.05, 0) is 36.5 Å². The molecule has 1 rings (SSSR count). The van der Waals surface area contributed by atoms with E-state index in [1.165, 1.54) is 0 Å². The van der Waals surface area contributed by atoms with E-state index in [4.69, 9.17) is 9.84 Å². The number of methoxy groups -OCH3 is 1. The monoisotopic (exact) mass is 265 g/mol. The number of benzene rings is 1. The molecule has 0 heterocycles. The number of aliphatic carboxylic acids is 1. The quantitative estimate of drug-likeness (QED) is 0.829. The minimum absolute atomic E-state index is 0.132. The molecule has 0 fully saturated rings. The molecule has 0 aliphatic heterocycles. The van der Waals surface area contributed by atoms with Gasteiger partial charge in [-0.15, -0.1) is 0 Å². The van der Waals surface area contributed by atoms with Crippen LogP contribution >= 0.6 is 0 Å². The van der Waals surface area contributed by atoms with E-state index in [1.54, 1.807) is 7.11 Å². The number of hydrogen-bond donors (Lipinski definition) is 2. The van der Waals surface area contributed by atoms with Crippen LogP contribution in [0.4, 0.5) is 5.69 Å². The maximum atomic E-state index is 10.8. The van der Waals surface area contributed by atoms with Crippen LogP contribution < -0.4 is 10.1 Å². The molecule has 0 aromatic heterocycles. The van der Waals surface area contributed by atoms with E-state index in [1.807, 2.05) is 33.8 Å². The normalized spacial score (nSPS) is 11.2. The third kappa shape index (κ3) is 4.47. The van der Waals surface area contributed by atoms with E-state index >= 15 is 0 Å². The first kappa shape index (κ1) is 15.3. The fraction of sp³-hybridized carbons (Fsp3) is 0.533. The van der Waals surface area contributed by atoms with Gasteiger partial charge >= 0.3 is 5.97 Å². The first-order chi connectivity index (χ1) is 8.75. The number of carbonyl (C=O) groups is 1. The van der Waals surface area contributed by atoms with Crippen molar-refractivity contribution in [2.24, 2.45) is 5.41 Å². The minimum atomic E-state index is -0.779. The molecule has 0 unspecified atom stereocenters. The van der Waals surface area contributed by atoms with Crippen molar-refractivity contribution in [2.45, 2.75) is 34.1 Å².